The molecule has 2 atom stereocenters. The van der Waals surface area contributed by atoms with Crippen LogP contribution in [0, 0.1) is 5.92 Å². The summed E-state index contributed by atoms with van der Waals surface area (Å²) in [5.41, 5.74) is 0. The maximum absolute atomic E-state index is 4.47. The molecule has 2 aliphatic rings. The molecule has 0 saturated carbocycles. The highest BCUT2D eigenvalue weighted by atomic mass is 32.1. The molecule has 0 aliphatic carbocycles. The molecule has 3 heterocycles. The molecule has 0 bridgehead atoms. The molecule has 2 aliphatic heterocycles. The van der Waals surface area contributed by atoms with Crippen molar-refractivity contribution in [1.29, 1.82) is 0 Å². The summed E-state index contributed by atoms with van der Waals surface area (Å²) in [6.07, 6.45) is 5.27. The Balaban J connectivity index is 1.49. The standard InChI is InChI=1S/C21H37N5S/c1-17(2)26-12-6-8-18(16-26)14-23-21(22-3)24-15-19(20-9-7-13-27-20)25-10-4-5-11-25/h7,9,13,17-19H,4-6,8,10-12,14-16H2,1-3H3,(H2,22,23,24). The Morgan fingerprint density at radius 1 is 1.19 bits per heavy atom. The fourth-order valence-corrected chi connectivity index (χ4v) is 5.19. The first-order valence-corrected chi connectivity index (χ1v) is 11.5. The van der Waals surface area contributed by atoms with Crippen molar-refractivity contribution >= 4 is 17.3 Å². The third-order valence-corrected chi connectivity index (χ3v) is 6.95. The van der Waals surface area contributed by atoms with Gasteiger partial charge in [0.15, 0.2) is 5.96 Å². The molecule has 0 radical (unpaired) electrons. The van der Waals surface area contributed by atoms with Crippen molar-refractivity contribution in [2.45, 2.75) is 51.6 Å². The number of nitrogens with zero attached hydrogens (tertiary/aromatic N) is 3. The Bertz CT molecular complexity index is 565. The molecule has 2 unspecified atom stereocenters. The van der Waals surface area contributed by atoms with Crippen molar-refractivity contribution in [2.75, 3.05) is 46.3 Å². The first-order chi connectivity index (χ1) is 13.2. The largest absolute Gasteiger partial charge is 0.356 e. The van der Waals surface area contributed by atoms with Gasteiger partial charge in [-0.05, 0) is 76.5 Å². The van der Waals surface area contributed by atoms with Crippen LogP contribution in [0.25, 0.3) is 0 Å². The summed E-state index contributed by atoms with van der Waals surface area (Å²) in [5.74, 6) is 1.66. The van der Waals surface area contributed by atoms with Crippen LogP contribution in [0.3, 0.4) is 0 Å². The SMILES string of the molecule is CN=C(NCC1CCCN(C(C)C)C1)NCC(c1cccs1)N1CCCC1. The van der Waals surface area contributed by atoms with E-state index in [9.17, 15) is 0 Å². The zero-order chi connectivity index (χ0) is 19.1. The highest BCUT2D eigenvalue weighted by Crippen LogP contribution is 2.27. The number of hydrogen-bond acceptors (Lipinski definition) is 4. The van der Waals surface area contributed by atoms with Gasteiger partial charge in [0.2, 0.25) is 0 Å². The van der Waals surface area contributed by atoms with Gasteiger partial charge in [-0.1, -0.05) is 6.07 Å². The van der Waals surface area contributed by atoms with Gasteiger partial charge in [-0.2, -0.15) is 0 Å². The molecular weight excluding hydrogens is 354 g/mol. The lowest BCUT2D eigenvalue weighted by atomic mass is 9.97. The normalized spacial score (nSPS) is 23.7. The fraction of sp³-hybridized carbons (Fsp3) is 0.762. The van der Waals surface area contributed by atoms with Gasteiger partial charge in [-0.25, -0.2) is 0 Å². The second-order valence-electron chi connectivity index (χ2n) is 8.21. The molecule has 27 heavy (non-hydrogen) atoms. The number of piperidine rings is 1. The Morgan fingerprint density at radius 2 is 1.96 bits per heavy atom. The van der Waals surface area contributed by atoms with E-state index in [1.165, 1.54) is 56.7 Å². The van der Waals surface area contributed by atoms with Crippen LogP contribution in [0.4, 0.5) is 0 Å². The van der Waals surface area contributed by atoms with Gasteiger partial charge in [0.1, 0.15) is 0 Å². The maximum Gasteiger partial charge on any atom is 0.191 e. The molecule has 1 aromatic heterocycles. The van der Waals surface area contributed by atoms with Crippen molar-refractivity contribution in [3.63, 3.8) is 0 Å². The fourth-order valence-electron chi connectivity index (χ4n) is 4.33. The lowest BCUT2D eigenvalue weighted by Gasteiger charge is -2.35. The number of thiophene rings is 1. The minimum atomic E-state index is 0.456. The second kappa shape index (κ2) is 10.4. The Kier molecular flexibility index (Phi) is 7.97. The van der Waals surface area contributed by atoms with E-state index in [2.05, 4.69) is 56.8 Å². The Morgan fingerprint density at radius 3 is 2.63 bits per heavy atom. The van der Waals surface area contributed by atoms with Gasteiger partial charge in [0.25, 0.3) is 0 Å². The van der Waals surface area contributed by atoms with E-state index in [0.717, 1.165) is 19.0 Å². The van der Waals surface area contributed by atoms with Crippen LogP contribution in [0.2, 0.25) is 0 Å². The first kappa shape index (κ1) is 20.6. The van der Waals surface area contributed by atoms with E-state index < -0.39 is 0 Å². The molecule has 1 aromatic rings. The maximum atomic E-state index is 4.47. The van der Waals surface area contributed by atoms with Crippen LogP contribution in [0.1, 0.15) is 50.4 Å². The summed E-state index contributed by atoms with van der Waals surface area (Å²) in [6, 6.07) is 5.54. The summed E-state index contributed by atoms with van der Waals surface area (Å²) in [5, 5.41) is 9.37. The van der Waals surface area contributed by atoms with Crippen LogP contribution < -0.4 is 10.6 Å². The highest BCUT2D eigenvalue weighted by Gasteiger charge is 2.25. The summed E-state index contributed by atoms with van der Waals surface area (Å²) in [4.78, 5) is 11.2. The van der Waals surface area contributed by atoms with E-state index >= 15 is 0 Å². The van der Waals surface area contributed by atoms with Crippen molar-refractivity contribution in [3.8, 4) is 0 Å². The number of aliphatic imine (C=N–C) groups is 1. The second-order valence-corrected chi connectivity index (χ2v) is 9.18. The number of likely N-dealkylation sites (tertiary alicyclic amines) is 2. The minimum absolute atomic E-state index is 0.456. The van der Waals surface area contributed by atoms with Crippen molar-refractivity contribution < 1.29 is 0 Å². The van der Waals surface area contributed by atoms with E-state index in [1.54, 1.807) is 0 Å². The van der Waals surface area contributed by atoms with Gasteiger partial charge >= 0.3 is 0 Å². The highest BCUT2D eigenvalue weighted by molar-refractivity contribution is 7.10. The van der Waals surface area contributed by atoms with E-state index in [-0.39, 0.29) is 0 Å². The van der Waals surface area contributed by atoms with Crippen LogP contribution in [0.15, 0.2) is 22.5 Å². The molecule has 5 nitrogen and oxygen atoms in total. The van der Waals surface area contributed by atoms with Crippen molar-refractivity contribution in [2.24, 2.45) is 10.9 Å². The molecule has 2 saturated heterocycles. The van der Waals surface area contributed by atoms with Gasteiger partial charge in [0, 0.05) is 37.6 Å². The Labute approximate surface area is 169 Å². The van der Waals surface area contributed by atoms with Gasteiger partial charge in [-0.3, -0.25) is 9.89 Å². The van der Waals surface area contributed by atoms with Crippen LogP contribution in [0.5, 0.6) is 0 Å². The first-order valence-electron chi connectivity index (χ1n) is 10.6. The van der Waals surface area contributed by atoms with Crippen molar-refractivity contribution in [3.05, 3.63) is 22.4 Å². The molecule has 2 N–H and O–H groups in total. The number of nitrogens with one attached hydrogen (secondary N) is 2. The smallest absolute Gasteiger partial charge is 0.191 e. The van der Waals surface area contributed by atoms with Gasteiger partial charge in [0.05, 0.1) is 6.04 Å². The topological polar surface area (TPSA) is 42.9 Å². The van der Waals surface area contributed by atoms with Crippen LogP contribution in [-0.2, 0) is 0 Å². The quantitative estimate of drug-likeness (QED) is 0.553. The average Bonchev–Trinajstić information content (AvgIpc) is 3.39. The van der Waals surface area contributed by atoms with Gasteiger partial charge < -0.3 is 15.5 Å². The molecular formula is C21H37N5S. The summed E-state index contributed by atoms with van der Waals surface area (Å²) in [7, 11) is 1.88. The molecule has 0 spiro atoms. The molecule has 3 rings (SSSR count). The zero-order valence-electron chi connectivity index (χ0n) is 17.3. The summed E-state index contributed by atoms with van der Waals surface area (Å²) >= 11 is 1.87. The third kappa shape index (κ3) is 5.93. The molecule has 6 heteroatoms. The molecule has 2 fully saturated rings. The molecule has 152 valence electrons. The van der Waals surface area contributed by atoms with E-state index in [1.807, 2.05) is 18.4 Å². The molecule has 0 amide bonds. The monoisotopic (exact) mass is 391 g/mol. The number of guanidine groups is 1. The van der Waals surface area contributed by atoms with Crippen LogP contribution >= 0.6 is 11.3 Å². The Hall–Kier alpha value is -1.11. The third-order valence-electron chi connectivity index (χ3n) is 5.98. The predicted octanol–water partition coefficient (Wildman–Crippen LogP) is 3.17. The van der Waals surface area contributed by atoms with E-state index in [0.29, 0.717) is 18.0 Å². The predicted molar refractivity (Wildman–Crippen MR) is 117 cm³/mol. The number of rotatable bonds is 7. The number of hydrogen-bond donors (Lipinski definition) is 2. The molecule has 0 aromatic carbocycles. The summed E-state index contributed by atoms with van der Waals surface area (Å²) < 4.78 is 0. The van der Waals surface area contributed by atoms with Gasteiger partial charge in [-0.15, -0.1) is 11.3 Å². The van der Waals surface area contributed by atoms with Crippen LogP contribution in [-0.4, -0.2) is 68.1 Å². The lowest BCUT2D eigenvalue weighted by molar-refractivity contribution is 0.141. The van der Waals surface area contributed by atoms with Crippen molar-refractivity contribution in [1.82, 2.24) is 20.4 Å². The average molecular weight is 392 g/mol. The minimum Gasteiger partial charge on any atom is -0.356 e. The zero-order valence-corrected chi connectivity index (χ0v) is 18.1. The lowest BCUT2D eigenvalue weighted by Crippen LogP contribution is -2.47. The van der Waals surface area contributed by atoms with E-state index in [4.69, 9.17) is 0 Å². The summed E-state index contributed by atoms with van der Waals surface area (Å²) in [6.45, 7) is 11.4.